The van der Waals surface area contributed by atoms with Crippen LogP contribution in [-0.4, -0.2) is 31.7 Å². The lowest BCUT2D eigenvalue weighted by molar-refractivity contribution is -0.117. The van der Waals surface area contributed by atoms with E-state index in [0.29, 0.717) is 6.61 Å². The lowest BCUT2D eigenvalue weighted by Gasteiger charge is -2.33. The summed E-state index contributed by atoms with van der Waals surface area (Å²) < 4.78 is 32.5. The predicted octanol–water partition coefficient (Wildman–Crippen LogP) is 4.08. The molecule has 0 spiro atoms. The second kappa shape index (κ2) is 8.97. The van der Waals surface area contributed by atoms with Crippen LogP contribution in [0.4, 0.5) is 14.5 Å². The minimum atomic E-state index is -0.966. The van der Waals surface area contributed by atoms with Crippen LogP contribution < -0.4 is 10.2 Å². The minimum Gasteiger partial charge on any atom is -0.375 e. The van der Waals surface area contributed by atoms with Crippen molar-refractivity contribution < 1.29 is 18.3 Å². The number of carbonyl (C=O) groups excluding carboxylic acids is 1. The molecule has 1 aliphatic rings. The summed E-state index contributed by atoms with van der Waals surface area (Å²) in [7, 11) is 0. The third kappa shape index (κ3) is 4.95. The van der Waals surface area contributed by atoms with Crippen LogP contribution in [0, 0.1) is 11.6 Å². The molecule has 2 atom stereocenters. The summed E-state index contributed by atoms with van der Waals surface area (Å²) in [6.45, 7) is 6.28. The maximum atomic E-state index is 13.7. The highest BCUT2D eigenvalue weighted by molar-refractivity contribution is 5.92. The van der Waals surface area contributed by atoms with Gasteiger partial charge in [0.1, 0.15) is 0 Å². The Morgan fingerprint density at radius 2 is 2.07 bits per heavy atom. The van der Waals surface area contributed by atoms with Gasteiger partial charge in [-0.1, -0.05) is 24.3 Å². The monoisotopic (exact) mass is 386 g/mol. The van der Waals surface area contributed by atoms with Gasteiger partial charge in [0.2, 0.25) is 5.91 Å². The zero-order valence-electron chi connectivity index (χ0n) is 16.0. The second-order valence-corrected chi connectivity index (χ2v) is 6.93. The van der Waals surface area contributed by atoms with E-state index in [9.17, 15) is 13.6 Å². The summed E-state index contributed by atoms with van der Waals surface area (Å²) in [4.78, 5) is 14.4. The van der Waals surface area contributed by atoms with Gasteiger partial charge in [-0.15, -0.1) is 0 Å². The van der Waals surface area contributed by atoms with E-state index in [-0.39, 0.29) is 23.6 Å². The van der Waals surface area contributed by atoms with Crippen LogP contribution in [-0.2, 0) is 9.53 Å². The molecule has 0 saturated carbocycles. The molecule has 28 heavy (non-hydrogen) atoms. The van der Waals surface area contributed by atoms with E-state index in [1.165, 1.54) is 24.3 Å². The zero-order chi connectivity index (χ0) is 20.1. The lowest BCUT2D eigenvalue weighted by atomic mass is 10.1. The Bertz CT molecular complexity index is 869. The molecular formula is C22H24F2N2O2. The van der Waals surface area contributed by atoms with Crippen LogP contribution in [0.3, 0.4) is 0 Å². The Morgan fingerprint density at radius 1 is 1.29 bits per heavy atom. The van der Waals surface area contributed by atoms with Crippen molar-refractivity contribution in [1.82, 2.24) is 5.32 Å². The van der Waals surface area contributed by atoms with Crippen LogP contribution in [0.1, 0.15) is 31.0 Å². The van der Waals surface area contributed by atoms with Crippen LogP contribution >= 0.6 is 0 Å². The van der Waals surface area contributed by atoms with Gasteiger partial charge in [0, 0.05) is 30.4 Å². The van der Waals surface area contributed by atoms with E-state index >= 15 is 0 Å². The van der Waals surface area contributed by atoms with Gasteiger partial charge in [0.25, 0.3) is 0 Å². The SMILES string of the molecule is CC1CN(c2cccc([C@H](C)NC(=O)C=Cc3cccc(F)c3F)c2)CCO1. The van der Waals surface area contributed by atoms with Crippen LogP contribution in [0.15, 0.2) is 48.5 Å². The van der Waals surface area contributed by atoms with Crippen molar-refractivity contribution in [2.45, 2.75) is 26.0 Å². The first-order chi connectivity index (χ1) is 13.4. The van der Waals surface area contributed by atoms with Crippen molar-refractivity contribution in [1.29, 1.82) is 0 Å². The summed E-state index contributed by atoms with van der Waals surface area (Å²) in [5.41, 5.74) is 2.09. The fourth-order valence-electron chi connectivity index (χ4n) is 3.20. The largest absolute Gasteiger partial charge is 0.375 e. The number of nitrogens with zero attached hydrogens (tertiary/aromatic N) is 1. The highest BCUT2D eigenvalue weighted by atomic mass is 19.2. The van der Waals surface area contributed by atoms with Gasteiger partial charge in [0.15, 0.2) is 11.6 Å². The number of rotatable bonds is 5. The smallest absolute Gasteiger partial charge is 0.244 e. The Hall–Kier alpha value is -2.73. The Labute approximate surface area is 163 Å². The number of hydrogen-bond donors (Lipinski definition) is 1. The molecule has 6 heteroatoms. The number of hydrogen-bond acceptors (Lipinski definition) is 3. The van der Waals surface area contributed by atoms with E-state index in [1.54, 1.807) is 0 Å². The molecule has 0 aromatic heterocycles. The molecule has 148 valence electrons. The Kier molecular flexibility index (Phi) is 6.41. The van der Waals surface area contributed by atoms with Crippen molar-refractivity contribution in [3.63, 3.8) is 0 Å². The fourth-order valence-corrected chi connectivity index (χ4v) is 3.20. The number of benzene rings is 2. The van der Waals surface area contributed by atoms with E-state index in [2.05, 4.69) is 16.3 Å². The van der Waals surface area contributed by atoms with Gasteiger partial charge in [-0.2, -0.15) is 0 Å². The number of morpholine rings is 1. The number of amides is 1. The first-order valence-electron chi connectivity index (χ1n) is 9.33. The molecule has 4 nitrogen and oxygen atoms in total. The number of ether oxygens (including phenoxy) is 1. The van der Waals surface area contributed by atoms with Crippen molar-refractivity contribution in [2.75, 3.05) is 24.6 Å². The van der Waals surface area contributed by atoms with E-state index in [0.717, 1.165) is 30.4 Å². The molecule has 1 amide bonds. The zero-order valence-corrected chi connectivity index (χ0v) is 16.0. The molecule has 0 bridgehead atoms. The summed E-state index contributed by atoms with van der Waals surface area (Å²) >= 11 is 0. The molecule has 1 fully saturated rings. The second-order valence-electron chi connectivity index (χ2n) is 6.93. The highest BCUT2D eigenvalue weighted by Gasteiger charge is 2.18. The molecule has 1 unspecified atom stereocenters. The van der Waals surface area contributed by atoms with Crippen molar-refractivity contribution in [3.05, 3.63) is 71.3 Å². The van der Waals surface area contributed by atoms with Gasteiger partial charge in [-0.05, 0) is 43.7 Å². The normalized spacial score (nSPS) is 18.3. The van der Waals surface area contributed by atoms with E-state index in [1.807, 2.05) is 32.0 Å². The van der Waals surface area contributed by atoms with Crippen molar-refractivity contribution in [2.24, 2.45) is 0 Å². The van der Waals surface area contributed by atoms with E-state index < -0.39 is 11.6 Å². The van der Waals surface area contributed by atoms with Crippen molar-refractivity contribution in [3.8, 4) is 0 Å². The summed E-state index contributed by atoms with van der Waals surface area (Å²) in [6, 6.07) is 11.6. The van der Waals surface area contributed by atoms with Crippen molar-refractivity contribution >= 4 is 17.7 Å². The van der Waals surface area contributed by atoms with E-state index in [4.69, 9.17) is 4.74 Å². The van der Waals surface area contributed by atoms with Crippen LogP contribution in [0.2, 0.25) is 0 Å². The molecule has 3 rings (SSSR count). The average molecular weight is 386 g/mol. The molecule has 0 aliphatic carbocycles. The number of carbonyl (C=O) groups is 1. The first kappa shape index (κ1) is 20.0. The van der Waals surface area contributed by atoms with Crippen LogP contribution in [0.25, 0.3) is 6.08 Å². The third-order valence-corrected chi connectivity index (χ3v) is 4.73. The van der Waals surface area contributed by atoms with Gasteiger partial charge in [0.05, 0.1) is 18.8 Å². The number of halogens is 2. The fraction of sp³-hybridized carbons (Fsp3) is 0.318. The maximum Gasteiger partial charge on any atom is 0.244 e. The molecule has 1 aliphatic heterocycles. The molecule has 1 N–H and O–H groups in total. The molecule has 1 heterocycles. The Balaban J connectivity index is 1.65. The standard InChI is InChI=1S/C22H24F2N2O2/c1-15-14-26(11-12-28-15)19-7-3-6-18(13-19)16(2)25-21(27)10-9-17-5-4-8-20(23)22(17)24/h3-10,13,15-16H,11-12,14H2,1-2H3,(H,25,27)/t15?,16-/m0/s1. The van der Waals surface area contributed by atoms with Gasteiger partial charge < -0.3 is 15.0 Å². The summed E-state index contributed by atoms with van der Waals surface area (Å²) in [6.07, 6.45) is 2.66. The molecule has 1 saturated heterocycles. The Morgan fingerprint density at radius 3 is 2.86 bits per heavy atom. The quantitative estimate of drug-likeness (QED) is 0.788. The minimum absolute atomic E-state index is 0.0336. The molecular weight excluding hydrogens is 362 g/mol. The number of nitrogens with one attached hydrogen (secondary N) is 1. The average Bonchev–Trinajstić information content (AvgIpc) is 2.69. The lowest BCUT2D eigenvalue weighted by Crippen LogP contribution is -2.41. The van der Waals surface area contributed by atoms with Gasteiger partial charge in [-0.25, -0.2) is 8.78 Å². The molecule has 2 aromatic rings. The predicted molar refractivity (Wildman–Crippen MR) is 106 cm³/mol. The highest BCUT2D eigenvalue weighted by Crippen LogP contribution is 2.22. The topological polar surface area (TPSA) is 41.6 Å². The third-order valence-electron chi connectivity index (χ3n) is 4.73. The molecule has 0 radical (unpaired) electrons. The number of anilines is 1. The summed E-state index contributed by atoms with van der Waals surface area (Å²) in [5.74, 6) is -2.28. The van der Waals surface area contributed by atoms with Crippen LogP contribution in [0.5, 0.6) is 0 Å². The van der Waals surface area contributed by atoms with Gasteiger partial charge >= 0.3 is 0 Å². The first-order valence-corrected chi connectivity index (χ1v) is 9.33. The summed E-state index contributed by atoms with van der Waals surface area (Å²) in [5, 5.41) is 2.85. The molecule has 2 aromatic carbocycles. The maximum absolute atomic E-state index is 13.7. The van der Waals surface area contributed by atoms with Gasteiger partial charge in [-0.3, -0.25) is 4.79 Å².